The topological polar surface area (TPSA) is 116 Å². The van der Waals surface area contributed by atoms with E-state index in [0.29, 0.717) is 38.4 Å². The third-order valence-corrected chi connectivity index (χ3v) is 6.35. The lowest BCUT2D eigenvalue weighted by atomic mass is 9.95. The highest BCUT2D eigenvalue weighted by atomic mass is 16.5. The first-order valence-electron chi connectivity index (χ1n) is 11.0. The van der Waals surface area contributed by atoms with E-state index in [1.165, 1.54) is 0 Å². The van der Waals surface area contributed by atoms with Gasteiger partial charge in [0.15, 0.2) is 5.69 Å². The Labute approximate surface area is 186 Å². The minimum absolute atomic E-state index is 0.0480. The van der Waals surface area contributed by atoms with E-state index in [1.807, 2.05) is 40.1 Å². The van der Waals surface area contributed by atoms with E-state index in [1.54, 1.807) is 0 Å². The van der Waals surface area contributed by atoms with Gasteiger partial charge >= 0.3 is 0 Å². The number of aromatic nitrogens is 2. The van der Waals surface area contributed by atoms with Crippen LogP contribution in [0, 0.1) is 0 Å². The first-order valence-corrected chi connectivity index (χ1v) is 11.0. The number of H-pyrrole nitrogens is 1. The Morgan fingerprint density at radius 2 is 1.94 bits per heavy atom. The molecule has 2 saturated heterocycles. The molecule has 2 aliphatic heterocycles. The van der Waals surface area contributed by atoms with E-state index >= 15 is 0 Å². The molecular weight excluding hydrogens is 412 g/mol. The largest absolute Gasteiger partial charge is 0.483 e. The molecule has 32 heavy (non-hydrogen) atoms. The van der Waals surface area contributed by atoms with Crippen LogP contribution in [0.25, 0.3) is 0 Å². The van der Waals surface area contributed by atoms with Gasteiger partial charge in [-0.25, -0.2) is 0 Å². The van der Waals surface area contributed by atoms with E-state index in [-0.39, 0.29) is 30.4 Å². The second-order valence-corrected chi connectivity index (χ2v) is 8.29. The van der Waals surface area contributed by atoms with Crippen LogP contribution in [-0.2, 0) is 33.7 Å². The predicted molar refractivity (Wildman–Crippen MR) is 115 cm³/mol. The summed E-state index contributed by atoms with van der Waals surface area (Å²) in [6, 6.07) is 9.88. The number of carboxylic acid groups (broad SMARTS) is 1. The Morgan fingerprint density at radius 3 is 2.72 bits per heavy atom. The van der Waals surface area contributed by atoms with Crippen molar-refractivity contribution in [2.75, 3.05) is 19.7 Å². The molecule has 1 aliphatic carbocycles. The van der Waals surface area contributed by atoms with Gasteiger partial charge in [0.1, 0.15) is 0 Å². The van der Waals surface area contributed by atoms with Crippen LogP contribution in [0.15, 0.2) is 30.3 Å². The number of carbonyl (C=O) groups is 3. The fourth-order valence-electron chi connectivity index (χ4n) is 4.80. The molecule has 9 heteroatoms. The summed E-state index contributed by atoms with van der Waals surface area (Å²) in [6.07, 6.45) is 4.35. The van der Waals surface area contributed by atoms with Gasteiger partial charge in [0, 0.05) is 30.9 Å². The van der Waals surface area contributed by atoms with Crippen molar-refractivity contribution in [1.29, 1.82) is 0 Å². The maximum Gasteiger partial charge on any atom is 0.290 e. The van der Waals surface area contributed by atoms with Gasteiger partial charge in [-0.2, -0.15) is 5.10 Å². The molecule has 2 N–H and O–H groups in total. The van der Waals surface area contributed by atoms with Crippen molar-refractivity contribution in [3.8, 4) is 0 Å². The van der Waals surface area contributed by atoms with Gasteiger partial charge in [0.25, 0.3) is 12.4 Å². The summed E-state index contributed by atoms with van der Waals surface area (Å²) in [5.41, 5.74) is 3.82. The van der Waals surface area contributed by atoms with E-state index in [9.17, 15) is 9.59 Å². The van der Waals surface area contributed by atoms with Gasteiger partial charge in [0.05, 0.1) is 25.2 Å². The number of ether oxygens (including phenoxy) is 1. The minimum Gasteiger partial charge on any atom is -0.483 e. The summed E-state index contributed by atoms with van der Waals surface area (Å²) >= 11 is 0. The molecular formula is C23H28N4O5. The van der Waals surface area contributed by atoms with Gasteiger partial charge in [-0.15, -0.1) is 0 Å². The standard InChI is InChI=1S/C22H26N4O3.CH2O2/c27-20-10-11-29-19-14-25(13-18(19)26(20)12-15-6-2-1-3-7-15)22(28)21-16-8-4-5-9-17(16)23-24-21;2-1-3/h1-3,6-7,18-19H,4-5,8-14H2,(H,23,24);1H,(H,2,3)/t18-,19-;/m0./s1. The second kappa shape index (κ2) is 9.95. The smallest absolute Gasteiger partial charge is 0.290 e. The minimum atomic E-state index is -0.250. The number of hydrogen-bond acceptors (Lipinski definition) is 5. The Hall–Kier alpha value is -3.20. The third-order valence-electron chi connectivity index (χ3n) is 6.35. The zero-order chi connectivity index (χ0) is 22.5. The van der Waals surface area contributed by atoms with Gasteiger partial charge in [0.2, 0.25) is 5.91 Å². The van der Waals surface area contributed by atoms with E-state index in [4.69, 9.17) is 14.6 Å². The van der Waals surface area contributed by atoms with Crippen LogP contribution in [-0.4, -0.2) is 75.2 Å². The van der Waals surface area contributed by atoms with Crippen molar-refractivity contribution < 1.29 is 24.2 Å². The number of rotatable bonds is 3. The van der Waals surface area contributed by atoms with Crippen LogP contribution in [0.5, 0.6) is 0 Å². The number of amides is 2. The van der Waals surface area contributed by atoms with Crippen molar-refractivity contribution in [3.63, 3.8) is 0 Å². The number of nitrogens with one attached hydrogen (secondary N) is 1. The molecule has 3 aliphatic rings. The molecule has 170 valence electrons. The summed E-state index contributed by atoms with van der Waals surface area (Å²) in [5, 5.41) is 14.3. The van der Waals surface area contributed by atoms with Gasteiger partial charge < -0.3 is 19.6 Å². The molecule has 1 aromatic heterocycles. The molecule has 9 nitrogen and oxygen atoms in total. The second-order valence-electron chi connectivity index (χ2n) is 8.29. The number of fused-ring (bicyclic) bond motifs is 2. The number of benzene rings is 1. The van der Waals surface area contributed by atoms with Gasteiger partial charge in [-0.1, -0.05) is 30.3 Å². The van der Waals surface area contributed by atoms with Crippen molar-refractivity contribution in [2.24, 2.45) is 0 Å². The van der Waals surface area contributed by atoms with Crippen LogP contribution < -0.4 is 0 Å². The first kappa shape index (κ1) is 22.0. The molecule has 2 amide bonds. The summed E-state index contributed by atoms with van der Waals surface area (Å²) in [7, 11) is 0. The highest BCUT2D eigenvalue weighted by molar-refractivity contribution is 5.94. The molecule has 2 fully saturated rings. The normalized spacial score (nSPS) is 22.3. The Morgan fingerprint density at radius 1 is 1.19 bits per heavy atom. The van der Waals surface area contributed by atoms with Gasteiger partial charge in [-0.3, -0.25) is 19.5 Å². The molecule has 0 saturated carbocycles. The Kier molecular flexibility index (Phi) is 6.84. The lowest BCUT2D eigenvalue weighted by Gasteiger charge is -2.29. The maximum atomic E-state index is 13.2. The molecule has 0 unspecified atom stereocenters. The Balaban J connectivity index is 0.000000775. The summed E-state index contributed by atoms with van der Waals surface area (Å²) in [5.74, 6) is 0.0426. The van der Waals surface area contributed by atoms with E-state index in [2.05, 4.69) is 10.2 Å². The lowest BCUT2D eigenvalue weighted by molar-refractivity contribution is -0.133. The molecule has 2 aromatic rings. The zero-order valence-corrected chi connectivity index (χ0v) is 17.9. The number of carbonyl (C=O) groups excluding carboxylic acids is 2. The quantitative estimate of drug-likeness (QED) is 0.701. The molecule has 5 rings (SSSR count). The monoisotopic (exact) mass is 440 g/mol. The maximum absolute atomic E-state index is 13.2. The van der Waals surface area contributed by atoms with Crippen molar-refractivity contribution in [3.05, 3.63) is 52.8 Å². The number of hydrogen-bond donors (Lipinski definition) is 2. The molecule has 1 aromatic carbocycles. The van der Waals surface area contributed by atoms with Crippen LogP contribution >= 0.6 is 0 Å². The van der Waals surface area contributed by atoms with Crippen LogP contribution in [0.2, 0.25) is 0 Å². The average molecular weight is 441 g/mol. The number of nitrogens with zero attached hydrogens (tertiary/aromatic N) is 3. The number of aryl methyl sites for hydroxylation is 1. The molecule has 0 spiro atoms. The zero-order valence-electron chi connectivity index (χ0n) is 17.9. The summed E-state index contributed by atoms with van der Waals surface area (Å²) in [4.78, 5) is 38.1. The van der Waals surface area contributed by atoms with Crippen LogP contribution in [0.1, 0.15) is 46.6 Å². The molecule has 0 radical (unpaired) electrons. The van der Waals surface area contributed by atoms with Gasteiger partial charge in [-0.05, 0) is 31.2 Å². The molecule has 0 bridgehead atoms. The fraction of sp³-hybridized carbons (Fsp3) is 0.478. The van der Waals surface area contributed by atoms with Crippen molar-refractivity contribution in [1.82, 2.24) is 20.0 Å². The summed E-state index contributed by atoms with van der Waals surface area (Å²) in [6.45, 7) is 1.70. The fourth-order valence-corrected chi connectivity index (χ4v) is 4.80. The first-order chi connectivity index (χ1) is 15.6. The Bertz CT molecular complexity index is 961. The lowest BCUT2D eigenvalue weighted by Crippen LogP contribution is -2.45. The molecule has 2 atom stereocenters. The highest BCUT2D eigenvalue weighted by Crippen LogP contribution is 2.28. The van der Waals surface area contributed by atoms with Crippen molar-refractivity contribution in [2.45, 2.75) is 50.8 Å². The number of aromatic amines is 1. The predicted octanol–water partition coefficient (Wildman–Crippen LogP) is 1.63. The van der Waals surface area contributed by atoms with E-state index in [0.717, 1.165) is 42.5 Å². The van der Waals surface area contributed by atoms with E-state index < -0.39 is 0 Å². The SMILES string of the molecule is O=C(c1n[nH]c2c1CCCC2)N1C[C@@H]2OCCC(=O)N(Cc3ccccc3)[C@H]2C1.O=CO. The highest BCUT2D eigenvalue weighted by Gasteiger charge is 2.43. The van der Waals surface area contributed by atoms with Crippen LogP contribution in [0.3, 0.4) is 0 Å². The average Bonchev–Trinajstić information content (AvgIpc) is 3.40. The third kappa shape index (κ3) is 4.52. The number of likely N-dealkylation sites (tertiary alicyclic amines) is 1. The van der Waals surface area contributed by atoms with Crippen LogP contribution in [0.4, 0.5) is 0 Å². The summed E-state index contributed by atoms with van der Waals surface area (Å²) < 4.78 is 5.99. The van der Waals surface area contributed by atoms with Crippen molar-refractivity contribution >= 4 is 18.3 Å². The molecule has 3 heterocycles.